The van der Waals surface area contributed by atoms with E-state index in [2.05, 4.69) is 28.5 Å². The van der Waals surface area contributed by atoms with Crippen molar-refractivity contribution in [2.45, 2.75) is 64.0 Å². The van der Waals surface area contributed by atoms with Crippen molar-refractivity contribution in [2.75, 3.05) is 18.8 Å². The van der Waals surface area contributed by atoms with Crippen molar-refractivity contribution >= 4 is 38.2 Å². The average Bonchev–Trinajstić information content (AvgIpc) is 3.63. The van der Waals surface area contributed by atoms with Crippen molar-refractivity contribution in [3.05, 3.63) is 46.5 Å². The normalized spacial score (nSPS) is 18.5. The van der Waals surface area contributed by atoms with Gasteiger partial charge in [-0.15, -0.1) is 11.3 Å². The molecule has 0 atom stereocenters. The van der Waals surface area contributed by atoms with E-state index in [1.807, 2.05) is 12.3 Å². The van der Waals surface area contributed by atoms with Gasteiger partial charge in [-0.25, -0.2) is 12.7 Å². The predicted molar refractivity (Wildman–Crippen MR) is 142 cm³/mol. The van der Waals surface area contributed by atoms with Gasteiger partial charge < -0.3 is 16.0 Å². The first kappa shape index (κ1) is 24.5. The molecule has 1 aliphatic heterocycles. The first-order valence-corrected chi connectivity index (χ1v) is 15.0. The number of nitrogens with zero attached hydrogens (tertiary/aromatic N) is 1. The second-order valence-electron chi connectivity index (χ2n) is 9.76. The molecular weight excluding hydrogens is 480 g/mol. The number of nitrogens with one attached hydrogen (secondary N) is 2. The van der Waals surface area contributed by atoms with Crippen molar-refractivity contribution < 1.29 is 13.2 Å². The number of hydrogen-bond acceptors (Lipinski definition) is 5. The van der Waals surface area contributed by atoms with Gasteiger partial charge in [-0.2, -0.15) is 0 Å². The predicted octanol–water partition coefficient (Wildman–Crippen LogP) is 4.56. The summed E-state index contributed by atoms with van der Waals surface area (Å²) in [7, 11) is -3.16. The van der Waals surface area contributed by atoms with Crippen LogP contribution < -0.4 is 11.1 Å². The van der Waals surface area contributed by atoms with Crippen LogP contribution in [0.4, 0.5) is 0 Å². The van der Waals surface area contributed by atoms with Gasteiger partial charge in [-0.3, -0.25) is 4.79 Å². The van der Waals surface area contributed by atoms with Gasteiger partial charge in [0, 0.05) is 47.0 Å². The highest BCUT2D eigenvalue weighted by molar-refractivity contribution is 7.89. The van der Waals surface area contributed by atoms with Crippen LogP contribution in [0.2, 0.25) is 0 Å². The molecule has 0 bridgehead atoms. The Hall–Kier alpha value is -2.20. The number of carbonyl (C=O) groups excluding carboxylic acids is 1. The standard InChI is InChI=1S/C26H34N4O3S2/c1-2-35(32,33)30-11-9-17(10-12-30)23-16-29-25-21(23)13-18(14-22(25)26(27)31)24-8-7-20(34-24)15-28-19-5-3-4-6-19/h7-8,13-14,16-17,19,28-29H,2-6,9-12,15H2,1H3,(H2,27,31). The van der Waals surface area contributed by atoms with Gasteiger partial charge in [0.15, 0.2) is 0 Å². The molecule has 5 rings (SSSR count). The quantitative estimate of drug-likeness (QED) is 0.410. The minimum absolute atomic E-state index is 0.134. The topological polar surface area (TPSA) is 108 Å². The summed E-state index contributed by atoms with van der Waals surface area (Å²) < 4.78 is 26.1. The van der Waals surface area contributed by atoms with E-state index < -0.39 is 15.9 Å². The molecule has 1 aromatic carbocycles. The Morgan fingerprint density at radius 1 is 1.17 bits per heavy atom. The summed E-state index contributed by atoms with van der Waals surface area (Å²) in [5, 5.41) is 4.68. The molecule has 188 valence electrons. The number of primary amides is 1. The lowest BCUT2D eigenvalue weighted by atomic mass is 9.89. The van der Waals surface area contributed by atoms with Crippen molar-refractivity contribution in [1.82, 2.24) is 14.6 Å². The van der Waals surface area contributed by atoms with E-state index in [9.17, 15) is 13.2 Å². The first-order valence-electron chi connectivity index (χ1n) is 12.6. The molecular formula is C26H34N4O3S2. The molecule has 1 saturated heterocycles. The maximum absolute atomic E-state index is 12.3. The minimum Gasteiger partial charge on any atom is -0.366 e. The molecule has 0 unspecified atom stereocenters. The number of carbonyl (C=O) groups is 1. The number of aromatic nitrogens is 1. The summed E-state index contributed by atoms with van der Waals surface area (Å²) in [4.78, 5) is 18.0. The van der Waals surface area contributed by atoms with Crippen molar-refractivity contribution in [2.24, 2.45) is 5.73 Å². The highest BCUT2D eigenvalue weighted by Gasteiger charge is 2.29. The summed E-state index contributed by atoms with van der Waals surface area (Å²) in [6.07, 6.45) is 8.65. The van der Waals surface area contributed by atoms with E-state index in [-0.39, 0.29) is 11.7 Å². The molecule has 2 aliphatic rings. The van der Waals surface area contributed by atoms with Gasteiger partial charge in [0.25, 0.3) is 5.91 Å². The van der Waals surface area contributed by atoms with Crippen LogP contribution in [-0.2, 0) is 16.6 Å². The number of amides is 1. The molecule has 0 radical (unpaired) electrons. The van der Waals surface area contributed by atoms with Crippen LogP contribution in [0.1, 0.15) is 72.2 Å². The fourth-order valence-corrected chi connectivity index (χ4v) is 7.64. The molecule has 9 heteroatoms. The summed E-state index contributed by atoms with van der Waals surface area (Å²) in [6, 6.07) is 8.96. The van der Waals surface area contributed by atoms with E-state index in [0.29, 0.717) is 24.7 Å². The second-order valence-corrected chi connectivity index (χ2v) is 13.2. The number of fused-ring (bicyclic) bond motifs is 1. The van der Waals surface area contributed by atoms with Crippen LogP contribution in [0.15, 0.2) is 30.5 Å². The summed E-state index contributed by atoms with van der Waals surface area (Å²) in [5.41, 5.74) is 9.17. The van der Waals surface area contributed by atoms with Crippen LogP contribution in [0.25, 0.3) is 21.3 Å². The highest BCUT2D eigenvalue weighted by atomic mass is 32.2. The molecule has 3 aromatic rings. The lowest BCUT2D eigenvalue weighted by Gasteiger charge is -2.31. The molecule has 1 amide bonds. The number of sulfonamides is 1. The van der Waals surface area contributed by atoms with Crippen molar-refractivity contribution in [3.8, 4) is 10.4 Å². The van der Waals surface area contributed by atoms with Gasteiger partial charge in [0.2, 0.25) is 10.0 Å². The third kappa shape index (κ3) is 5.05. The van der Waals surface area contributed by atoms with Crippen LogP contribution in [0.3, 0.4) is 0 Å². The minimum atomic E-state index is -3.16. The first-order chi connectivity index (χ1) is 16.9. The maximum atomic E-state index is 12.3. The Morgan fingerprint density at radius 3 is 2.60 bits per heavy atom. The Labute approximate surface area is 211 Å². The average molecular weight is 515 g/mol. The van der Waals surface area contributed by atoms with E-state index >= 15 is 0 Å². The maximum Gasteiger partial charge on any atom is 0.250 e. The second kappa shape index (κ2) is 10.0. The van der Waals surface area contributed by atoms with Gasteiger partial charge in [0.05, 0.1) is 16.8 Å². The van der Waals surface area contributed by atoms with Crippen molar-refractivity contribution in [3.63, 3.8) is 0 Å². The smallest absolute Gasteiger partial charge is 0.250 e. The number of rotatable bonds is 8. The van der Waals surface area contributed by atoms with Crippen LogP contribution in [-0.4, -0.2) is 48.5 Å². The largest absolute Gasteiger partial charge is 0.366 e. The molecule has 3 heterocycles. The Morgan fingerprint density at radius 2 is 1.91 bits per heavy atom. The lowest BCUT2D eigenvalue weighted by molar-refractivity contribution is 0.100. The molecule has 2 aromatic heterocycles. The molecule has 1 aliphatic carbocycles. The van der Waals surface area contributed by atoms with Crippen LogP contribution in [0, 0.1) is 0 Å². The lowest BCUT2D eigenvalue weighted by Crippen LogP contribution is -2.38. The Bertz CT molecular complexity index is 1310. The van der Waals surface area contributed by atoms with Gasteiger partial charge in [-0.1, -0.05) is 12.8 Å². The van der Waals surface area contributed by atoms with E-state index in [1.165, 1.54) is 30.6 Å². The number of thiophene rings is 1. The summed E-state index contributed by atoms with van der Waals surface area (Å²) >= 11 is 1.75. The number of H-pyrrole nitrogens is 1. The van der Waals surface area contributed by atoms with E-state index in [0.717, 1.165) is 46.3 Å². The zero-order chi connectivity index (χ0) is 24.6. The molecule has 0 spiro atoms. The zero-order valence-electron chi connectivity index (χ0n) is 20.2. The van der Waals surface area contributed by atoms with E-state index in [4.69, 9.17) is 5.73 Å². The molecule has 4 N–H and O–H groups in total. The van der Waals surface area contributed by atoms with Gasteiger partial charge >= 0.3 is 0 Å². The summed E-state index contributed by atoms with van der Waals surface area (Å²) in [6.45, 7) is 3.61. The molecule has 7 nitrogen and oxygen atoms in total. The number of aromatic amines is 1. The number of piperidine rings is 1. The number of benzene rings is 1. The van der Waals surface area contributed by atoms with E-state index in [1.54, 1.807) is 22.6 Å². The highest BCUT2D eigenvalue weighted by Crippen LogP contribution is 2.38. The molecule has 2 fully saturated rings. The monoisotopic (exact) mass is 514 g/mol. The Kier molecular flexibility index (Phi) is 7.03. The van der Waals surface area contributed by atoms with Crippen LogP contribution >= 0.6 is 11.3 Å². The van der Waals surface area contributed by atoms with Gasteiger partial charge in [-0.05, 0) is 73.9 Å². The van der Waals surface area contributed by atoms with Gasteiger partial charge in [0.1, 0.15) is 0 Å². The third-order valence-electron chi connectivity index (χ3n) is 7.61. The fraction of sp³-hybridized carbons (Fsp3) is 0.500. The SMILES string of the molecule is CCS(=O)(=O)N1CCC(c2c[nH]c3c(C(N)=O)cc(-c4ccc(CNC5CCCC5)s4)cc23)CC1. The molecule has 35 heavy (non-hydrogen) atoms. The van der Waals surface area contributed by atoms with Crippen molar-refractivity contribution in [1.29, 1.82) is 0 Å². The third-order valence-corrected chi connectivity index (χ3v) is 10.6. The fourth-order valence-electron chi connectivity index (χ4n) is 5.56. The van der Waals surface area contributed by atoms with Crippen LogP contribution in [0.5, 0.6) is 0 Å². The molecule has 1 saturated carbocycles. The Balaban J connectivity index is 1.41. The number of nitrogens with two attached hydrogens (primary N) is 1. The zero-order valence-corrected chi connectivity index (χ0v) is 21.8. The number of hydrogen-bond donors (Lipinski definition) is 3. The summed E-state index contributed by atoms with van der Waals surface area (Å²) in [5.74, 6) is -0.0824.